The van der Waals surface area contributed by atoms with E-state index in [-0.39, 0.29) is 11.1 Å². The van der Waals surface area contributed by atoms with E-state index in [1.165, 1.54) is 4.57 Å². The van der Waals surface area contributed by atoms with Gasteiger partial charge in [-0.1, -0.05) is 32.0 Å². The third-order valence-electron chi connectivity index (χ3n) is 3.42. The summed E-state index contributed by atoms with van der Waals surface area (Å²) in [5, 5.41) is 1.52. The molecule has 1 heterocycles. The maximum Gasteiger partial charge on any atom is 0.261 e. The third kappa shape index (κ3) is 1.76. The Bertz CT molecular complexity index is 714. The van der Waals surface area contributed by atoms with Gasteiger partial charge in [0.15, 0.2) is 0 Å². The summed E-state index contributed by atoms with van der Waals surface area (Å²) in [5.41, 5.74) is 1.36. The number of benzene rings is 1. The normalized spacial score (nSPS) is 10.8. The fraction of sp³-hybridized carbons (Fsp3) is 0.333. The topological polar surface area (TPSA) is 39.1 Å². The SMILES string of the molecule is CCc1c(CC)c2ccccc2c(=O)n(C)c1=O. The summed E-state index contributed by atoms with van der Waals surface area (Å²) in [4.78, 5) is 24.5. The van der Waals surface area contributed by atoms with E-state index in [4.69, 9.17) is 0 Å². The quantitative estimate of drug-likeness (QED) is 0.809. The van der Waals surface area contributed by atoms with E-state index in [1.807, 2.05) is 32.0 Å². The Labute approximate surface area is 106 Å². The maximum absolute atomic E-state index is 12.3. The van der Waals surface area contributed by atoms with E-state index < -0.39 is 0 Å². The molecule has 2 aromatic rings. The van der Waals surface area contributed by atoms with Gasteiger partial charge in [0.05, 0.1) is 0 Å². The van der Waals surface area contributed by atoms with Gasteiger partial charge in [-0.05, 0) is 29.9 Å². The molecule has 0 radical (unpaired) electrons. The molecule has 0 saturated carbocycles. The second-order valence-corrected chi connectivity index (χ2v) is 4.38. The maximum atomic E-state index is 12.3. The summed E-state index contributed by atoms with van der Waals surface area (Å²) >= 11 is 0. The minimum absolute atomic E-state index is 0.171. The standard InChI is InChI=1S/C15H17NO2/c1-4-10-11(5-2)14(17)16(3)15(18)13-9-7-6-8-12(10)13/h6-9H,4-5H2,1-3H3. The van der Waals surface area contributed by atoms with Crippen LogP contribution in [0.3, 0.4) is 0 Å². The summed E-state index contributed by atoms with van der Waals surface area (Å²) in [7, 11) is 1.55. The van der Waals surface area contributed by atoms with Gasteiger partial charge in [0.2, 0.25) is 0 Å². The van der Waals surface area contributed by atoms with Crippen molar-refractivity contribution in [3.8, 4) is 0 Å². The van der Waals surface area contributed by atoms with Crippen molar-refractivity contribution in [1.29, 1.82) is 0 Å². The van der Waals surface area contributed by atoms with Crippen LogP contribution in [-0.4, -0.2) is 4.57 Å². The van der Waals surface area contributed by atoms with Crippen LogP contribution < -0.4 is 11.1 Å². The van der Waals surface area contributed by atoms with Crippen LogP contribution in [0.25, 0.3) is 10.8 Å². The molecular formula is C15H17NO2. The van der Waals surface area contributed by atoms with Crippen LogP contribution in [0.1, 0.15) is 25.0 Å². The highest BCUT2D eigenvalue weighted by Gasteiger charge is 2.11. The highest BCUT2D eigenvalue weighted by atomic mass is 16.2. The molecule has 0 spiro atoms. The first-order valence-corrected chi connectivity index (χ1v) is 6.25. The predicted octanol–water partition coefficient (Wildman–Crippen LogP) is 2.02. The van der Waals surface area contributed by atoms with Gasteiger partial charge in [0.25, 0.3) is 11.1 Å². The average Bonchev–Trinajstić information content (AvgIpc) is 2.48. The molecule has 1 aromatic carbocycles. The molecule has 0 N–H and O–H groups in total. The average molecular weight is 243 g/mol. The summed E-state index contributed by atoms with van der Waals surface area (Å²) in [6.45, 7) is 3.97. The van der Waals surface area contributed by atoms with E-state index in [0.29, 0.717) is 11.8 Å². The van der Waals surface area contributed by atoms with Crippen molar-refractivity contribution < 1.29 is 0 Å². The smallest absolute Gasteiger partial charge is 0.261 e. The molecule has 1 aromatic heterocycles. The molecule has 2 rings (SSSR count). The summed E-state index contributed by atoms with van der Waals surface area (Å²) in [6.07, 6.45) is 1.40. The van der Waals surface area contributed by atoms with E-state index in [0.717, 1.165) is 22.9 Å². The lowest BCUT2D eigenvalue weighted by Crippen LogP contribution is -2.29. The molecule has 94 valence electrons. The van der Waals surface area contributed by atoms with Crippen molar-refractivity contribution >= 4 is 10.8 Å². The number of aromatic nitrogens is 1. The van der Waals surface area contributed by atoms with E-state index in [9.17, 15) is 9.59 Å². The lowest BCUT2D eigenvalue weighted by Gasteiger charge is -2.02. The second kappa shape index (κ2) is 4.77. The van der Waals surface area contributed by atoms with Crippen molar-refractivity contribution in [3.63, 3.8) is 0 Å². The zero-order chi connectivity index (χ0) is 13.3. The Balaban J connectivity index is 3.21. The number of nitrogens with zero attached hydrogens (tertiary/aromatic N) is 1. The molecule has 0 aliphatic heterocycles. The zero-order valence-electron chi connectivity index (χ0n) is 11.0. The molecule has 3 heteroatoms. The molecule has 0 aliphatic carbocycles. The van der Waals surface area contributed by atoms with Crippen LogP contribution in [0.5, 0.6) is 0 Å². The predicted molar refractivity (Wildman–Crippen MR) is 74.2 cm³/mol. The molecule has 0 saturated heterocycles. The lowest BCUT2D eigenvalue weighted by molar-refractivity contribution is 0.816. The van der Waals surface area contributed by atoms with Crippen molar-refractivity contribution in [1.82, 2.24) is 4.57 Å². The van der Waals surface area contributed by atoms with E-state index in [2.05, 4.69) is 0 Å². The molecule has 0 fully saturated rings. The van der Waals surface area contributed by atoms with Crippen LogP contribution in [0.15, 0.2) is 33.9 Å². The molecule has 0 bridgehead atoms. The zero-order valence-corrected chi connectivity index (χ0v) is 11.0. The second-order valence-electron chi connectivity index (χ2n) is 4.38. The Morgan fingerprint density at radius 1 is 0.889 bits per heavy atom. The van der Waals surface area contributed by atoms with Gasteiger partial charge in [-0.3, -0.25) is 14.2 Å². The molecular weight excluding hydrogens is 226 g/mol. The number of aryl methyl sites for hydroxylation is 1. The van der Waals surface area contributed by atoms with Gasteiger partial charge in [0, 0.05) is 18.0 Å². The fourth-order valence-electron chi connectivity index (χ4n) is 2.47. The van der Waals surface area contributed by atoms with Gasteiger partial charge in [-0.2, -0.15) is 0 Å². The van der Waals surface area contributed by atoms with E-state index in [1.54, 1.807) is 13.1 Å². The highest BCUT2D eigenvalue weighted by molar-refractivity contribution is 5.85. The first-order chi connectivity index (χ1) is 8.61. The van der Waals surface area contributed by atoms with Crippen LogP contribution in [-0.2, 0) is 19.9 Å². The lowest BCUT2D eigenvalue weighted by atomic mass is 10.0. The van der Waals surface area contributed by atoms with Gasteiger partial charge in [0.1, 0.15) is 0 Å². The molecule has 0 aliphatic rings. The summed E-state index contributed by atoms with van der Waals surface area (Å²) in [5.74, 6) is 0. The van der Waals surface area contributed by atoms with Gasteiger partial charge < -0.3 is 0 Å². The Morgan fingerprint density at radius 2 is 1.44 bits per heavy atom. The largest absolute Gasteiger partial charge is 0.278 e. The highest BCUT2D eigenvalue weighted by Crippen LogP contribution is 2.17. The van der Waals surface area contributed by atoms with Crippen molar-refractivity contribution in [2.45, 2.75) is 26.7 Å². The number of fused-ring (bicyclic) bond motifs is 1. The van der Waals surface area contributed by atoms with Crippen molar-refractivity contribution in [2.24, 2.45) is 7.05 Å². The van der Waals surface area contributed by atoms with Crippen molar-refractivity contribution in [3.05, 3.63) is 56.1 Å². The van der Waals surface area contributed by atoms with Crippen molar-refractivity contribution in [2.75, 3.05) is 0 Å². The number of hydrogen-bond donors (Lipinski definition) is 0. The summed E-state index contributed by atoms with van der Waals surface area (Å²) in [6, 6.07) is 7.45. The first kappa shape index (κ1) is 12.6. The third-order valence-corrected chi connectivity index (χ3v) is 3.42. The minimum Gasteiger partial charge on any atom is -0.278 e. The number of rotatable bonds is 2. The van der Waals surface area contributed by atoms with Crippen LogP contribution in [0, 0.1) is 0 Å². The monoisotopic (exact) mass is 243 g/mol. The molecule has 0 amide bonds. The van der Waals surface area contributed by atoms with Gasteiger partial charge in [-0.15, -0.1) is 0 Å². The van der Waals surface area contributed by atoms with Crippen LogP contribution in [0.2, 0.25) is 0 Å². The molecule has 3 nitrogen and oxygen atoms in total. The number of hydrogen-bond acceptors (Lipinski definition) is 2. The van der Waals surface area contributed by atoms with E-state index >= 15 is 0 Å². The molecule has 0 atom stereocenters. The minimum atomic E-state index is -0.218. The van der Waals surface area contributed by atoms with Crippen LogP contribution >= 0.6 is 0 Å². The first-order valence-electron chi connectivity index (χ1n) is 6.25. The molecule has 0 unspecified atom stereocenters. The Morgan fingerprint density at radius 3 is 2.00 bits per heavy atom. The Kier molecular flexibility index (Phi) is 3.32. The summed E-state index contributed by atoms with van der Waals surface area (Å²) < 4.78 is 1.22. The molecule has 18 heavy (non-hydrogen) atoms. The fourth-order valence-corrected chi connectivity index (χ4v) is 2.47. The Hall–Kier alpha value is -1.90. The van der Waals surface area contributed by atoms with Gasteiger partial charge in [-0.25, -0.2) is 0 Å². The van der Waals surface area contributed by atoms with Crippen LogP contribution in [0.4, 0.5) is 0 Å². The van der Waals surface area contributed by atoms with Gasteiger partial charge >= 0.3 is 0 Å².